The zero-order chi connectivity index (χ0) is 13.5. The maximum atomic E-state index is 10.9. The Labute approximate surface area is 107 Å². The molecule has 0 fully saturated rings. The van der Waals surface area contributed by atoms with E-state index in [0.29, 0.717) is 31.4 Å². The molecule has 2 N–H and O–H groups in total. The van der Waals surface area contributed by atoms with Gasteiger partial charge >= 0.3 is 5.97 Å². The first-order valence-corrected chi connectivity index (χ1v) is 6.17. The monoisotopic (exact) mass is 255 g/mol. The number of aromatic carboxylic acids is 1. The molecular weight excluding hydrogens is 234 g/mol. The number of hydrogen-bond donors (Lipinski definition) is 2. The van der Waals surface area contributed by atoms with Gasteiger partial charge in [-0.25, -0.2) is 4.79 Å². The summed E-state index contributed by atoms with van der Waals surface area (Å²) >= 11 is 0. The summed E-state index contributed by atoms with van der Waals surface area (Å²) in [6.07, 6.45) is 1.40. The van der Waals surface area contributed by atoms with Crippen molar-refractivity contribution in [2.75, 3.05) is 13.2 Å². The molecule has 1 heterocycles. The van der Waals surface area contributed by atoms with Crippen LogP contribution in [-0.2, 0) is 11.3 Å². The lowest BCUT2D eigenvalue weighted by atomic mass is 10.1. The maximum absolute atomic E-state index is 10.9. The molecule has 5 heteroatoms. The molecule has 1 unspecified atom stereocenters. The van der Waals surface area contributed by atoms with E-state index in [2.05, 4.69) is 19.2 Å². The maximum Gasteiger partial charge on any atom is 0.339 e. The van der Waals surface area contributed by atoms with E-state index in [0.717, 1.165) is 0 Å². The lowest BCUT2D eigenvalue weighted by Gasteiger charge is -2.21. The fraction of sp³-hybridized carbons (Fsp3) is 0.615. The molecule has 0 aliphatic carbocycles. The van der Waals surface area contributed by atoms with E-state index in [4.69, 9.17) is 14.3 Å². The smallest absolute Gasteiger partial charge is 0.339 e. The van der Waals surface area contributed by atoms with E-state index in [-0.39, 0.29) is 11.6 Å². The van der Waals surface area contributed by atoms with Crippen LogP contribution >= 0.6 is 0 Å². The minimum absolute atomic E-state index is 0.177. The van der Waals surface area contributed by atoms with Gasteiger partial charge in [-0.05, 0) is 18.9 Å². The Morgan fingerprint density at radius 2 is 2.28 bits per heavy atom. The Balaban J connectivity index is 2.55. The van der Waals surface area contributed by atoms with Crippen LogP contribution in [0, 0.1) is 5.92 Å². The molecule has 1 atom stereocenters. The first-order valence-electron chi connectivity index (χ1n) is 6.17. The number of carbonyl (C=O) groups is 1. The van der Waals surface area contributed by atoms with Crippen molar-refractivity contribution in [3.63, 3.8) is 0 Å². The highest BCUT2D eigenvalue weighted by Crippen LogP contribution is 2.11. The Morgan fingerprint density at radius 1 is 1.56 bits per heavy atom. The van der Waals surface area contributed by atoms with Crippen LogP contribution in [0.25, 0.3) is 0 Å². The van der Waals surface area contributed by atoms with Gasteiger partial charge in [0.15, 0.2) is 0 Å². The van der Waals surface area contributed by atoms with Crippen LogP contribution in [0.3, 0.4) is 0 Å². The summed E-state index contributed by atoms with van der Waals surface area (Å²) in [6, 6.07) is 1.64. The number of rotatable bonds is 8. The molecule has 0 aliphatic rings. The Morgan fingerprint density at radius 3 is 2.83 bits per heavy atom. The largest absolute Gasteiger partial charge is 0.478 e. The molecule has 0 spiro atoms. The number of carboxylic acids is 1. The number of hydrogen-bond acceptors (Lipinski definition) is 4. The standard InChI is InChI=1S/C13H21NO4/c1-4-17-8-11(9(2)3)14-7-12-10(13(15)16)5-6-18-12/h5-6,9,11,14H,4,7-8H2,1-3H3,(H,15,16). The molecule has 1 rings (SSSR count). The van der Waals surface area contributed by atoms with E-state index < -0.39 is 5.97 Å². The Hall–Kier alpha value is -1.33. The summed E-state index contributed by atoms with van der Waals surface area (Å²) in [6.45, 7) is 7.81. The predicted octanol–water partition coefficient (Wildman–Crippen LogP) is 2.13. The van der Waals surface area contributed by atoms with Gasteiger partial charge in [0, 0.05) is 12.6 Å². The Bertz CT molecular complexity index is 373. The zero-order valence-corrected chi connectivity index (χ0v) is 11.1. The third kappa shape index (κ3) is 4.16. The van der Waals surface area contributed by atoms with Crippen LogP contribution < -0.4 is 5.32 Å². The highest BCUT2D eigenvalue weighted by molar-refractivity contribution is 5.88. The third-order valence-corrected chi connectivity index (χ3v) is 2.81. The average Bonchev–Trinajstić information content (AvgIpc) is 2.77. The van der Waals surface area contributed by atoms with Gasteiger partial charge in [-0.2, -0.15) is 0 Å². The summed E-state index contributed by atoms with van der Waals surface area (Å²) in [4.78, 5) is 10.9. The lowest BCUT2D eigenvalue weighted by Crippen LogP contribution is -2.37. The second-order valence-electron chi connectivity index (χ2n) is 4.45. The molecule has 1 aromatic rings. The van der Waals surface area contributed by atoms with E-state index in [1.54, 1.807) is 0 Å². The molecule has 0 aliphatic heterocycles. The molecule has 0 bridgehead atoms. The molecule has 5 nitrogen and oxygen atoms in total. The van der Waals surface area contributed by atoms with Gasteiger partial charge in [-0.1, -0.05) is 13.8 Å². The van der Waals surface area contributed by atoms with Crippen LogP contribution in [-0.4, -0.2) is 30.3 Å². The molecular formula is C13H21NO4. The summed E-state index contributed by atoms with van der Waals surface area (Å²) in [5.74, 6) is -0.115. The van der Waals surface area contributed by atoms with Crippen molar-refractivity contribution in [3.05, 3.63) is 23.7 Å². The quantitative estimate of drug-likeness (QED) is 0.744. The average molecular weight is 255 g/mol. The fourth-order valence-electron chi connectivity index (χ4n) is 1.62. The number of nitrogens with one attached hydrogen (secondary N) is 1. The third-order valence-electron chi connectivity index (χ3n) is 2.81. The topological polar surface area (TPSA) is 71.7 Å². The van der Waals surface area contributed by atoms with Crippen molar-refractivity contribution in [1.82, 2.24) is 5.32 Å². The van der Waals surface area contributed by atoms with E-state index in [1.807, 2.05) is 6.92 Å². The molecule has 102 valence electrons. The van der Waals surface area contributed by atoms with Gasteiger partial charge in [0.25, 0.3) is 0 Å². The van der Waals surface area contributed by atoms with Crippen LogP contribution in [0.15, 0.2) is 16.7 Å². The molecule has 1 aromatic heterocycles. The van der Waals surface area contributed by atoms with Gasteiger partial charge in [-0.15, -0.1) is 0 Å². The molecule has 0 saturated carbocycles. The van der Waals surface area contributed by atoms with E-state index >= 15 is 0 Å². The number of ether oxygens (including phenoxy) is 1. The summed E-state index contributed by atoms with van der Waals surface area (Å²) in [7, 11) is 0. The van der Waals surface area contributed by atoms with Crippen molar-refractivity contribution in [2.24, 2.45) is 5.92 Å². The van der Waals surface area contributed by atoms with Crippen LogP contribution in [0.5, 0.6) is 0 Å². The van der Waals surface area contributed by atoms with E-state index in [9.17, 15) is 4.79 Å². The molecule has 0 amide bonds. The number of furan rings is 1. The van der Waals surface area contributed by atoms with Crippen molar-refractivity contribution in [2.45, 2.75) is 33.4 Å². The molecule has 0 aromatic carbocycles. The molecule has 0 radical (unpaired) electrons. The van der Waals surface area contributed by atoms with Crippen LogP contribution in [0.2, 0.25) is 0 Å². The first kappa shape index (κ1) is 14.7. The van der Waals surface area contributed by atoms with Crippen molar-refractivity contribution >= 4 is 5.97 Å². The van der Waals surface area contributed by atoms with Crippen molar-refractivity contribution in [3.8, 4) is 0 Å². The molecule has 18 heavy (non-hydrogen) atoms. The minimum Gasteiger partial charge on any atom is -0.478 e. The number of carboxylic acid groups (broad SMARTS) is 1. The summed E-state index contributed by atoms with van der Waals surface area (Å²) < 4.78 is 10.6. The van der Waals surface area contributed by atoms with Gasteiger partial charge in [0.2, 0.25) is 0 Å². The highest BCUT2D eigenvalue weighted by Gasteiger charge is 2.17. The normalized spacial score (nSPS) is 12.9. The second-order valence-corrected chi connectivity index (χ2v) is 4.45. The lowest BCUT2D eigenvalue weighted by molar-refractivity contribution is 0.0693. The van der Waals surface area contributed by atoms with Gasteiger partial charge in [-0.3, -0.25) is 0 Å². The van der Waals surface area contributed by atoms with Crippen LogP contribution in [0.1, 0.15) is 36.9 Å². The van der Waals surface area contributed by atoms with E-state index in [1.165, 1.54) is 12.3 Å². The van der Waals surface area contributed by atoms with Gasteiger partial charge < -0.3 is 19.6 Å². The van der Waals surface area contributed by atoms with Gasteiger partial charge in [0.05, 0.1) is 19.4 Å². The zero-order valence-electron chi connectivity index (χ0n) is 11.1. The predicted molar refractivity (Wildman–Crippen MR) is 67.6 cm³/mol. The second kappa shape index (κ2) is 7.18. The summed E-state index contributed by atoms with van der Waals surface area (Å²) in [5.41, 5.74) is 0.210. The minimum atomic E-state index is -0.966. The Kier molecular flexibility index (Phi) is 5.88. The van der Waals surface area contributed by atoms with Crippen molar-refractivity contribution < 1.29 is 19.1 Å². The SMILES string of the molecule is CCOCC(NCc1occc1C(=O)O)C(C)C. The van der Waals surface area contributed by atoms with Crippen molar-refractivity contribution in [1.29, 1.82) is 0 Å². The summed E-state index contributed by atoms with van der Waals surface area (Å²) in [5, 5.41) is 12.2. The van der Waals surface area contributed by atoms with Gasteiger partial charge in [0.1, 0.15) is 11.3 Å². The highest BCUT2D eigenvalue weighted by atomic mass is 16.5. The van der Waals surface area contributed by atoms with Crippen LogP contribution in [0.4, 0.5) is 0 Å². The molecule has 0 saturated heterocycles. The first-order chi connectivity index (χ1) is 8.56. The fourth-order valence-corrected chi connectivity index (χ4v) is 1.62.